The molecule has 1 aliphatic rings. The van der Waals surface area contributed by atoms with Crippen LogP contribution in [0.5, 0.6) is 0 Å². The van der Waals surface area contributed by atoms with E-state index in [1.54, 1.807) is 0 Å². The zero-order valence-corrected chi connectivity index (χ0v) is 7.58. The molecule has 2 heteroatoms. The third kappa shape index (κ3) is 3.07. The maximum Gasteiger partial charge on any atom is 0.306 e. The number of ether oxygens (including phenoxy) is 1. The highest BCUT2D eigenvalue weighted by Gasteiger charge is 2.20. The average molecular weight is 168 g/mol. The van der Waals surface area contributed by atoms with Gasteiger partial charge in [-0.1, -0.05) is 31.9 Å². The molecule has 1 heterocycles. The lowest BCUT2D eigenvalue weighted by Gasteiger charge is -1.95. The Morgan fingerprint density at radius 2 is 2.50 bits per heavy atom. The largest absolute Gasteiger partial charge is 0.465 e. The van der Waals surface area contributed by atoms with E-state index in [1.165, 1.54) is 12.8 Å². The number of unbranched alkanes of at least 4 members (excludes halogenated alkanes) is 2. The second-order valence-corrected chi connectivity index (χ2v) is 3.22. The van der Waals surface area contributed by atoms with Crippen LogP contribution in [0.3, 0.4) is 0 Å². The molecule has 12 heavy (non-hydrogen) atoms. The second-order valence-electron chi connectivity index (χ2n) is 3.22. The first-order valence-electron chi connectivity index (χ1n) is 4.65. The summed E-state index contributed by atoms with van der Waals surface area (Å²) in [4.78, 5) is 10.7. The van der Waals surface area contributed by atoms with E-state index in [0.29, 0.717) is 18.9 Å². The molecule has 0 N–H and O–H groups in total. The molecule has 0 amide bonds. The summed E-state index contributed by atoms with van der Waals surface area (Å²) in [6.45, 7) is 2.76. The summed E-state index contributed by atoms with van der Waals surface area (Å²) < 4.78 is 4.83. The third-order valence-corrected chi connectivity index (χ3v) is 2.02. The number of hydrogen-bond donors (Lipinski definition) is 0. The van der Waals surface area contributed by atoms with Crippen molar-refractivity contribution >= 4 is 5.97 Å². The normalized spacial score (nSPS) is 23.4. The van der Waals surface area contributed by atoms with Gasteiger partial charge in [0.05, 0.1) is 13.0 Å². The highest BCUT2D eigenvalue weighted by atomic mass is 16.5. The lowest BCUT2D eigenvalue weighted by molar-refractivity contribution is -0.137. The third-order valence-electron chi connectivity index (χ3n) is 2.02. The molecular weight excluding hydrogens is 152 g/mol. The first-order valence-corrected chi connectivity index (χ1v) is 4.65. The van der Waals surface area contributed by atoms with Crippen LogP contribution < -0.4 is 0 Å². The van der Waals surface area contributed by atoms with Gasteiger partial charge >= 0.3 is 5.97 Å². The van der Waals surface area contributed by atoms with Gasteiger partial charge in [0.2, 0.25) is 0 Å². The van der Waals surface area contributed by atoms with Gasteiger partial charge in [0.25, 0.3) is 0 Å². The lowest BCUT2D eigenvalue weighted by Crippen LogP contribution is -1.92. The Morgan fingerprint density at radius 3 is 3.08 bits per heavy atom. The van der Waals surface area contributed by atoms with Gasteiger partial charge < -0.3 is 4.74 Å². The van der Waals surface area contributed by atoms with Crippen molar-refractivity contribution in [2.24, 2.45) is 5.92 Å². The predicted molar refractivity (Wildman–Crippen MR) is 47.7 cm³/mol. The minimum atomic E-state index is -0.0554. The van der Waals surface area contributed by atoms with Gasteiger partial charge in [-0.15, -0.1) is 0 Å². The standard InChI is InChI=1S/C10H16O2/c1-2-3-4-5-6-9-7-10(11)12-8-9/h5-6,9H,2-4,7-8H2,1H3/b6-5+/t9-/m1/s1. The SMILES string of the molecule is CCCC/C=C/[C@H]1COC(=O)C1. The Bertz CT molecular complexity index is 173. The molecular formula is C10H16O2. The fourth-order valence-corrected chi connectivity index (χ4v) is 1.27. The van der Waals surface area contributed by atoms with E-state index in [2.05, 4.69) is 19.1 Å². The van der Waals surface area contributed by atoms with E-state index in [9.17, 15) is 4.79 Å². The molecule has 1 fully saturated rings. The number of cyclic esters (lactones) is 1. The molecule has 0 radical (unpaired) electrons. The zero-order chi connectivity index (χ0) is 8.81. The van der Waals surface area contributed by atoms with Crippen LogP contribution in [-0.4, -0.2) is 12.6 Å². The number of hydrogen-bond acceptors (Lipinski definition) is 2. The number of rotatable bonds is 4. The molecule has 0 aliphatic carbocycles. The van der Waals surface area contributed by atoms with Crippen molar-refractivity contribution in [1.82, 2.24) is 0 Å². The van der Waals surface area contributed by atoms with Crippen molar-refractivity contribution < 1.29 is 9.53 Å². The average Bonchev–Trinajstić information content (AvgIpc) is 2.45. The summed E-state index contributed by atoms with van der Waals surface area (Å²) in [5, 5.41) is 0. The molecule has 0 unspecified atom stereocenters. The van der Waals surface area contributed by atoms with Crippen LogP contribution in [0.1, 0.15) is 32.6 Å². The number of esters is 1. The van der Waals surface area contributed by atoms with Gasteiger partial charge in [0.15, 0.2) is 0 Å². The van der Waals surface area contributed by atoms with E-state index in [0.717, 1.165) is 6.42 Å². The van der Waals surface area contributed by atoms with Crippen molar-refractivity contribution in [3.05, 3.63) is 12.2 Å². The van der Waals surface area contributed by atoms with Gasteiger partial charge in [0.1, 0.15) is 0 Å². The van der Waals surface area contributed by atoms with E-state index in [-0.39, 0.29) is 5.97 Å². The molecule has 1 atom stereocenters. The van der Waals surface area contributed by atoms with E-state index in [4.69, 9.17) is 4.74 Å². The monoisotopic (exact) mass is 168 g/mol. The van der Waals surface area contributed by atoms with Gasteiger partial charge in [-0.2, -0.15) is 0 Å². The Labute approximate surface area is 73.6 Å². The molecule has 68 valence electrons. The van der Waals surface area contributed by atoms with Crippen molar-refractivity contribution in [3.8, 4) is 0 Å². The number of carbonyl (C=O) groups excluding carboxylic acids is 1. The van der Waals surface area contributed by atoms with Crippen molar-refractivity contribution in [1.29, 1.82) is 0 Å². The summed E-state index contributed by atoms with van der Waals surface area (Å²) in [7, 11) is 0. The smallest absolute Gasteiger partial charge is 0.306 e. The first-order chi connectivity index (χ1) is 5.83. The molecule has 1 rings (SSSR count). The fraction of sp³-hybridized carbons (Fsp3) is 0.700. The van der Waals surface area contributed by atoms with E-state index >= 15 is 0 Å². The van der Waals surface area contributed by atoms with E-state index < -0.39 is 0 Å². The summed E-state index contributed by atoms with van der Waals surface area (Å²) >= 11 is 0. The van der Waals surface area contributed by atoms with Crippen molar-refractivity contribution in [2.75, 3.05) is 6.61 Å². The molecule has 0 aromatic carbocycles. The first kappa shape index (κ1) is 9.30. The van der Waals surface area contributed by atoms with Gasteiger partial charge in [-0.25, -0.2) is 0 Å². The predicted octanol–water partition coefficient (Wildman–Crippen LogP) is 2.30. The lowest BCUT2D eigenvalue weighted by atomic mass is 10.1. The molecule has 0 aromatic heterocycles. The van der Waals surface area contributed by atoms with Crippen molar-refractivity contribution in [3.63, 3.8) is 0 Å². The Balaban J connectivity index is 2.14. The maximum absolute atomic E-state index is 10.7. The quantitative estimate of drug-likeness (QED) is 0.366. The Hall–Kier alpha value is -0.790. The summed E-state index contributed by atoms with van der Waals surface area (Å²) in [5.74, 6) is 0.287. The highest BCUT2D eigenvalue weighted by molar-refractivity contribution is 5.71. The van der Waals surface area contributed by atoms with Crippen LogP contribution in [0.15, 0.2) is 12.2 Å². The molecule has 0 aromatic rings. The van der Waals surface area contributed by atoms with Crippen molar-refractivity contribution in [2.45, 2.75) is 32.6 Å². The number of allylic oxidation sites excluding steroid dienone is 1. The van der Waals surface area contributed by atoms with Crippen LogP contribution >= 0.6 is 0 Å². The topological polar surface area (TPSA) is 26.3 Å². The van der Waals surface area contributed by atoms with E-state index in [1.807, 2.05) is 0 Å². The minimum Gasteiger partial charge on any atom is -0.465 e. The van der Waals surface area contributed by atoms with Crippen LogP contribution in [0.4, 0.5) is 0 Å². The second kappa shape index (κ2) is 4.96. The summed E-state index contributed by atoms with van der Waals surface area (Å²) in [6.07, 6.45) is 8.43. The molecule has 0 spiro atoms. The van der Waals surface area contributed by atoms with Crippen LogP contribution in [0.2, 0.25) is 0 Å². The number of carbonyl (C=O) groups is 1. The van der Waals surface area contributed by atoms with Gasteiger partial charge in [0, 0.05) is 5.92 Å². The highest BCUT2D eigenvalue weighted by Crippen LogP contribution is 2.15. The van der Waals surface area contributed by atoms with Gasteiger partial charge in [-0.05, 0) is 6.42 Å². The zero-order valence-electron chi connectivity index (χ0n) is 7.58. The molecule has 0 saturated carbocycles. The molecule has 2 nitrogen and oxygen atoms in total. The summed E-state index contributed by atoms with van der Waals surface area (Å²) in [5.41, 5.74) is 0. The van der Waals surface area contributed by atoms with Gasteiger partial charge in [-0.3, -0.25) is 4.79 Å². The van der Waals surface area contributed by atoms with Crippen LogP contribution in [-0.2, 0) is 9.53 Å². The van der Waals surface area contributed by atoms with Crippen LogP contribution in [0.25, 0.3) is 0 Å². The minimum absolute atomic E-state index is 0.0554. The Morgan fingerprint density at radius 1 is 1.67 bits per heavy atom. The maximum atomic E-state index is 10.7. The molecule has 1 saturated heterocycles. The fourth-order valence-electron chi connectivity index (χ4n) is 1.27. The van der Waals surface area contributed by atoms with Crippen LogP contribution in [0, 0.1) is 5.92 Å². The summed E-state index contributed by atoms with van der Waals surface area (Å²) in [6, 6.07) is 0. The molecule has 0 bridgehead atoms. The Kier molecular flexibility index (Phi) is 3.85. The molecule has 1 aliphatic heterocycles.